The smallest absolute Gasteiger partial charge is 0.305 e. The molecule has 2 rings (SSSR count). The van der Waals surface area contributed by atoms with Crippen molar-refractivity contribution >= 4 is 27.8 Å². The first-order valence-corrected chi connectivity index (χ1v) is 8.68. The Kier molecular flexibility index (Phi) is 6.24. The van der Waals surface area contributed by atoms with Gasteiger partial charge in [0.05, 0.1) is 12.5 Å². The van der Waals surface area contributed by atoms with E-state index in [1.807, 2.05) is 24.6 Å². The van der Waals surface area contributed by atoms with Gasteiger partial charge in [-0.15, -0.1) is 0 Å². The number of halogens is 1. The van der Waals surface area contributed by atoms with E-state index in [2.05, 4.69) is 15.9 Å². The molecule has 0 saturated carbocycles. The number of rotatable bonds is 7. The van der Waals surface area contributed by atoms with Gasteiger partial charge in [0.15, 0.2) is 0 Å². The number of aromatic nitrogens is 1. The number of amides is 1. The van der Waals surface area contributed by atoms with Crippen LogP contribution in [-0.2, 0) is 9.53 Å². The Labute approximate surface area is 144 Å². The zero-order valence-corrected chi connectivity index (χ0v) is 15.1. The maximum atomic E-state index is 12.9. The van der Waals surface area contributed by atoms with Crippen molar-refractivity contribution in [2.24, 2.45) is 0 Å². The van der Waals surface area contributed by atoms with Crippen molar-refractivity contribution in [1.29, 1.82) is 0 Å². The van der Waals surface area contributed by atoms with Gasteiger partial charge in [0, 0.05) is 36.4 Å². The van der Waals surface area contributed by atoms with E-state index in [0.29, 0.717) is 18.8 Å². The quantitative estimate of drug-likeness (QED) is 0.781. The molecule has 23 heavy (non-hydrogen) atoms. The second-order valence-electron chi connectivity index (χ2n) is 6.07. The van der Waals surface area contributed by atoms with Crippen LogP contribution in [0.4, 0.5) is 0 Å². The molecule has 1 aliphatic heterocycles. The van der Waals surface area contributed by atoms with Crippen LogP contribution in [0.2, 0.25) is 0 Å². The summed E-state index contributed by atoms with van der Waals surface area (Å²) in [6.45, 7) is 5.34. The highest BCUT2D eigenvalue weighted by atomic mass is 79.9. The fraction of sp³-hybridized carbons (Fsp3) is 0.625. The topological polar surface area (TPSA) is 71.8 Å². The van der Waals surface area contributed by atoms with Crippen molar-refractivity contribution in [1.82, 2.24) is 9.47 Å². The molecule has 1 saturated heterocycles. The molecule has 7 heteroatoms. The lowest BCUT2D eigenvalue weighted by atomic mass is 10.2. The summed E-state index contributed by atoms with van der Waals surface area (Å²) in [5.74, 6) is -1.06. The molecule has 0 bridgehead atoms. The molecule has 1 fully saturated rings. The molecular weight excluding hydrogens is 364 g/mol. The largest absolute Gasteiger partial charge is 0.481 e. The van der Waals surface area contributed by atoms with E-state index in [1.54, 1.807) is 11.0 Å². The molecule has 1 unspecified atom stereocenters. The summed E-state index contributed by atoms with van der Waals surface area (Å²) < 4.78 is 8.34. The molecule has 0 radical (unpaired) electrons. The van der Waals surface area contributed by atoms with Gasteiger partial charge in [-0.25, -0.2) is 0 Å². The highest BCUT2D eigenvalue weighted by Crippen LogP contribution is 2.22. The normalized spacial score (nSPS) is 17.7. The van der Waals surface area contributed by atoms with Crippen molar-refractivity contribution in [3.8, 4) is 0 Å². The van der Waals surface area contributed by atoms with Gasteiger partial charge in [-0.05, 0) is 48.7 Å². The highest BCUT2D eigenvalue weighted by Gasteiger charge is 2.26. The number of nitrogens with zero attached hydrogens (tertiary/aromatic N) is 2. The minimum Gasteiger partial charge on any atom is -0.481 e. The lowest BCUT2D eigenvalue weighted by Crippen LogP contribution is -2.39. The molecule has 1 aliphatic rings. The third-order valence-electron chi connectivity index (χ3n) is 3.92. The molecule has 0 aliphatic carbocycles. The van der Waals surface area contributed by atoms with Crippen LogP contribution >= 0.6 is 15.9 Å². The number of hydrogen-bond acceptors (Lipinski definition) is 3. The number of carboxylic acids is 1. The molecule has 128 valence electrons. The number of ether oxygens (including phenoxy) is 1. The number of carbonyl (C=O) groups is 2. The summed E-state index contributed by atoms with van der Waals surface area (Å²) in [6, 6.07) is 1.93. The number of aliphatic carboxylic acids is 1. The Hall–Kier alpha value is -1.34. The molecule has 1 amide bonds. The lowest BCUT2D eigenvalue weighted by molar-refractivity contribution is -0.137. The second kappa shape index (κ2) is 7.97. The van der Waals surface area contributed by atoms with Crippen LogP contribution in [0.15, 0.2) is 16.7 Å². The van der Waals surface area contributed by atoms with Crippen LogP contribution in [0.1, 0.15) is 49.6 Å². The van der Waals surface area contributed by atoms with Crippen molar-refractivity contribution in [2.45, 2.75) is 45.3 Å². The summed E-state index contributed by atoms with van der Waals surface area (Å²) in [5.41, 5.74) is 0.565. The van der Waals surface area contributed by atoms with E-state index in [1.165, 1.54) is 0 Å². The number of carboxylic acid groups (broad SMARTS) is 1. The van der Waals surface area contributed by atoms with Gasteiger partial charge < -0.3 is 19.3 Å². The monoisotopic (exact) mass is 386 g/mol. The third-order valence-corrected chi connectivity index (χ3v) is 4.36. The maximum absolute atomic E-state index is 12.9. The summed E-state index contributed by atoms with van der Waals surface area (Å²) in [4.78, 5) is 25.4. The predicted octanol–water partition coefficient (Wildman–Crippen LogP) is 2.93. The van der Waals surface area contributed by atoms with E-state index in [0.717, 1.165) is 17.3 Å². The summed E-state index contributed by atoms with van der Waals surface area (Å²) in [7, 11) is 0. The van der Waals surface area contributed by atoms with Crippen molar-refractivity contribution in [3.63, 3.8) is 0 Å². The van der Waals surface area contributed by atoms with Crippen LogP contribution in [0.3, 0.4) is 0 Å². The van der Waals surface area contributed by atoms with E-state index in [9.17, 15) is 9.59 Å². The van der Waals surface area contributed by atoms with E-state index in [4.69, 9.17) is 9.84 Å². The van der Waals surface area contributed by atoms with Gasteiger partial charge in [0.25, 0.3) is 5.91 Å². The van der Waals surface area contributed by atoms with Crippen LogP contribution in [-0.4, -0.2) is 52.3 Å². The van der Waals surface area contributed by atoms with Gasteiger partial charge in [0.2, 0.25) is 0 Å². The molecule has 1 atom stereocenters. The minimum atomic E-state index is -0.907. The molecule has 0 aromatic carbocycles. The molecular formula is C16H23BrN2O4. The average molecular weight is 387 g/mol. The van der Waals surface area contributed by atoms with Crippen molar-refractivity contribution in [2.75, 3.05) is 19.7 Å². The summed E-state index contributed by atoms with van der Waals surface area (Å²) in [6.07, 6.45) is 3.70. The van der Waals surface area contributed by atoms with Gasteiger partial charge in [0.1, 0.15) is 5.69 Å². The van der Waals surface area contributed by atoms with Gasteiger partial charge in [-0.2, -0.15) is 0 Å². The third kappa shape index (κ3) is 4.81. The van der Waals surface area contributed by atoms with Gasteiger partial charge in [-0.3, -0.25) is 9.59 Å². The molecule has 2 heterocycles. The molecule has 1 N–H and O–H groups in total. The lowest BCUT2D eigenvalue weighted by Gasteiger charge is -2.26. The van der Waals surface area contributed by atoms with Crippen LogP contribution < -0.4 is 0 Å². The van der Waals surface area contributed by atoms with E-state index >= 15 is 0 Å². The minimum absolute atomic E-state index is 0.00125. The number of carbonyl (C=O) groups excluding carboxylic acids is 1. The van der Waals surface area contributed by atoms with E-state index < -0.39 is 5.97 Å². The first kappa shape index (κ1) is 18.0. The Bertz CT molecular complexity index is 564. The van der Waals surface area contributed by atoms with Crippen molar-refractivity contribution in [3.05, 3.63) is 22.4 Å². The Balaban J connectivity index is 2.18. The zero-order valence-electron chi connectivity index (χ0n) is 13.5. The fourth-order valence-electron chi connectivity index (χ4n) is 2.75. The average Bonchev–Trinajstić information content (AvgIpc) is 3.11. The number of hydrogen-bond donors (Lipinski definition) is 1. The Morgan fingerprint density at radius 2 is 2.26 bits per heavy atom. The van der Waals surface area contributed by atoms with Gasteiger partial charge >= 0.3 is 5.97 Å². The van der Waals surface area contributed by atoms with Gasteiger partial charge in [-0.1, -0.05) is 0 Å². The molecule has 6 nitrogen and oxygen atoms in total. The maximum Gasteiger partial charge on any atom is 0.305 e. The van der Waals surface area contributed by atoms with Crippen LogP contribution in [0.25, 0.3) is 0 Å². The van der Waals surface area contributed by atoms with Crippen LogP contribution in [0, 0.1) is 0 Å². The van der Waals surface area contributed by atoms with Crippen LogP contribution in [0.5, 0.6) is 0 Å². The standard InChI is InChI=1S/C16H23BrN2O4/c1-11(2)19-9-12(17)8-14(19)16(22)18(6-5-15(20)21)10-13-4-3-7-23-13/h8-9,11,13H,3-7,10H2,1-2H3,(H,20,21). The molecule has 0 spiro atoms. The summed E-state index contributed by atoms with van der Waals surface area (Å²) >= 11 is 3.41. The highest BCUT2D eigenvalue weighted by molar-refractivity contribution is 9.10. The Morgan fingerprint density at radius 3 is 2.83 bits per heavy atom. The summed E-state index contributed by atoms with van der Waals surface area (Å²) in [5, 5.41) is 8.94. The van der Waals surface area contributed by atoms with E-state index in [-0.39, 0.29) is 31.0 Å². The molecule has 1 aromatic heterocycles. The fourth-order valence-corrected chi connectivity index (χ4v) is 3.18. The van der Waals surface area contributed by atoms with Crippen molar-refractivity contribution < 1.29 is 19.4 Å². The SMILES string of the molecule is CC(C)n1cc(Br)cc1C(=O)N(CCC(=O)O)CC1CCCO1. The molecule has 1 aromatic rings. The Morgan fingerprint density at radius 1 is 1.52 bits per heavy atom. The first-order valence-electron chi connectivity index (χ1n) is 7.88. The predicted molar refractivity (Wildman–Crippen MR) is 89.6 cm³/mol. The first-order chi connectivity index (χ1) is 10.9. The second-order valence-corrected chi connectivity index (χ2v) is 6.99. The zero-order chi connectivity index (χ0) is 17.0.